The van der Waals surface area contributed by atoms with Crippen LogP contribution in [0.4, 0.5) is 4.39 Å². The lowest BCUT2D eigenvalue weighted by molar-refractivity contribution is -0.147. The molecule has 0 bridgehead atoms. The number of fused-ring (bicyclic) bond motifs is 1. The lowest BCUT2D eigenvalue weighted by Gasteiger charge is -2.39. The summed E-state index contributed by atoms with van der Waals surface area (Å²) in [5.41, 5.74) is 5.07. The molecule has 2 fully saturated rings. The van der Waals surface area contributed by atoms with E-state index >= 15 is 4.39 Å². The van der Waals surface area contributed by atoms with Gasteiger partial charge in [0.25, 0.3) is 0 Å². The van der Waals surface area contributed by atoms with E-state index in [4.69, 9.17) is 28.8 Å². The van der Waals surface area contributed by atoms with Crippen molar-refractivity contribution < 1.29 is 46.7 Å². The maximum atomic E-state index is 16.1. The minimum Gasteiger partial charge on any atom is -0.463 e. The summed E-state index contributed by atoms with van der Waals surface area (Å²) < 4.78 is 54.7. The molecule has 42 heavy (non-hydrogen) atoms. The molecular formula is C23H32BrFN7O9P. The summed E-state index contributed by atoms with van der Waals surface area (Å²) in [6, 6.07) is 1.75. The molecule has 1 aromatic heterocycles. The van der Waals surface area contributed by atoms with Gasteiger partial charge in [0.05, 0.1) is 31.9 Å². The van der Waals surface area contributed by atoms with E-state index < -0.39 is 60.2 Å². The van der Waals surface area contributed by atoms with Gasteiger partial charge in [-0.3, -0.25) is 23.2 Å². The zero-order valence-electron chi connectivity index (χ0n) is 23.2. The van der Waals surface area contributed by atoms with Crippen molar-refractivity contribution in [1.82, 2.24) is 15.0 Å². The molecule has 19 heteroatoms. The van der Waals surface area contributed by atoms with Crippen LogP contribution in [0.15, 0.2) is 11.2 Å². The summed E-state index contributed by atoms with van der Waals surface area (Å²) in [4.78, 5) is 32.7. The second-order valence-corrected chi connectivity index (χ2v) is 13.5. The van der Waals surface area contributed by atoms with Gasteiger partial charge in [0.15, 0.2) is 17.8 Å². The third kappa shape index (κ3) is 5.91. The van der Waals surface area contributed by atoms with Gasteiger partial charge in [-0.25, -0.2) is 23.6 Å². The number of imidazole rings is 1. The number of aliphatic hydroxyl groups excluding tert-OH is 1. The van der Waals surface area contributed by atoms with E-state index in [1.165, 1.54) is 4.68 Å². The first-order valence-electron chi connectivity index (χ1n) is 12.9. The summed E-state index contributed by atoms with van der Waals surface area (Å²) in [6.07, 6.45) is -4.16. The van der Waals surface area contributed by atoms with Gasteiger partial charge < -0.3 is 31.1 Å². The summed E-state index contributed by atoms with van der Waals surface area (Å²) in [5, 5.41) is 23.5. The average molecular weight is 680 g/mol. The molecule has 3 aliphatic heterocycles. The molecule has 4 heterocycles. The smallest absolute Gasteiger partial charge is 0.463 e. The van der Waals surface area contributed by atoms with E-state index in [0.29, 0.717) is 0 Å². The van der Waals surface area contributed by atoms with Crippen LogP contribution in [0.2, 0.25) is 0 Å². The monoisotopic (exact) mass is 679 g/mol. The first-order chi connectivity index (χ1) is 19.6. The molecule has 3 aliphatic rings. The highest BCUT2D eigenvalue weighted by Crippen LogP contribution is 2.59. The highest BCUT2D eigenvalue weighted by Gasteiger charge is 2.69. The number of amidine groups is 1. The van der Waals surface area contributed by atoms with Crippen LogP contribution >= 0.6 is 23.8 Å². The molecule has 1 amide bonds. The van der Waals surface area contributed by atoms with Gasteiger partial charge in [-0.15, -0.1) is 0 Å². The Morgan fingerprint density at radius 2 is 2.19 bits per heavy atom. The van der Waals surface area contributed by atoms with Crippen molar-refractivity contribution in [1.29, 1.82) is 5.26 Å². The summed E-state index contributed by atoms with van der Waals surface area (Å²) in [5.74, 6) is -1.04. The van der Waals surface area contributed by atoms with Crippen molar-refractivity contribution in [2.45, 2.75) is 68.7 Å². The number of halogens is 2. The van der Waals surface area contributed by atoms with E-state index in [0.717, 1.165) is 6.20 Å². The highest BCUT2D eigenvalue weighted by molar-refractivity contribution is 9.10. The lowest BCUT2D eigenvalue weighted by Crippen LogP contribution is -2.50. The summed E-state index contributed by atoms with van der Waals surface area (Å²) >= 11 is 2.80. The molecule has 6 atom stereocenters. The van der Waals surface area contributed by atoms with Crippen LogP contribution in [0.1, 0.15) is 45.6 Å². The molecular weight excluding hydrogens is 648 g/mol. The third-order valence-electron chi connectivity index (χ3n) is 6.68. The quantitative estimate of drug-likeness (QED) is 0.160. The number of phosphoric acid groups is 1. The first kappa shape index (κ1) is 32.3. The molecule has 0 aromatic carbocycles. The molecule has 2 unspecified atom stereocenters. The number of aliphatic hydroxyl groups is 1. The maximum absolute atomic E-state index is 16.1. The van der Waals surface area contributed by atoms with Crippen LogP contribution in [0, 0.1) is 16.7 Å². The van der Waals surface area contributed by atoms with Crippen molar-refractivity contribution in [3.8, 4) is 6.07 Å². The van der Waals surface area contributed by atoms with E-state index in [1.54, 1.807) is 33.8 Å². The number of nitrogens with one attached hydrogen (secondary N) is 2. The Hall–Kier alpha value is -2.65. The fourth-order valence-electron chi connectivity index (χ4n) is 4.49. The number of phosphoric ester groups is 1. The largest absolute Gasteiger partial charge is 0.475 e. The van der Waals surface area contributed by atoms with E-state index in [1.807, 2.05) is 0 Å². The van der Waals surface area contributed by atoms with Gasteiger partial charge in [0.1, 0.15) is 30.6 Å². The van der Waals surface area contributed by atoms with Gasteiger partial charge in [-0.1, -0.05) is 13.8 Å². The molecule has 0 saturated carbocycles. The number of carbonyl (C=O) groups is 2. The second-order valence-electron chi connectivity index (χ2n) is 10.7. The predicted molar refractivity (Wildman–Crippen MR) is 145 cm³/mol. The average Bonchev–Trinajstić information content (AvgIpc) is 3.43. The number of aliphatic imine (C=N–C) groups is 1. The number of hydrogen-bond acceptors (Lipinski definition) is 14. The number of nitrogens with zero attached hydrogens (tertiary/aromatic N) is 4. The van der Waals surface area contributed by atoms with Crippen molar-refractivity contribution in [3.05, 3.63) is 17.7 Å². The van der Waals surface area contributed by atoms with E-state index in [2.05, 4.69) is 36.6 Å². The van der Waals surface area contributed by atoms with Gasteiger partial charge in [0.2, 0.25) is 16.1 Å². The molecule has 2 saturated heterocycles. The topological polar surface area (TPSA) is 222 Å². The summed E-state index contributed by atoms with van der Waals surface area (Å²) in [7, 11) is -4.46. The zero-order chi connectivity index (χ0) is 31.1. The Kier molecular flexibility index (Phi) is 9.06. The van der Waals surface area contributed by atoms with Crippen LogP contribution in [0.25, 0.3) is 0 Å². The van der Waals surface area contributed by atoms with Crippen LogP contribution in [-0.2, 0) is 42.8 Å². The number of hydrogen-bond donors (Lipinski definition) is 4. The minimum absolute atomic E-state index is 0.00531. The Bertz CT molecular complexity index is 1350. The first-order valence-corrected chi connectivity index (χ1v) is 15.1. The second kappa shape index (κ2) is 11.8. The molecule has 0 radical (unpaired) electrons. The lowest BCUT2D eigenvalue weighted by atomic mass is 9.87. The van der Waals surface area contributed by atoms with Crippen LogP contribution in [0.5, 0.6) is 0 Å². The number of aromatic nitrogens is 2. The molecule has 4 rings (SSSR count). The van der Waals surface area contributed by atoms with Crippen molar-refractivity contribution in [2.24, 2.45) is 16.1 Å². The maximum Gasteiger partial charge on any atom is 0.475 e. The molecule has 0 spiro atoms. The molecule has 16 nitrogen and oxygen atoms in total. The van der Waals surface area contributed by atoms with Crippen LogP contribution in [0.3, 0.4) is 0 Å². The predicted octanol–water partition coefficient (Wildman–Crippen LogP) is 0.666. The molecule has 0 aliphatic carbocycles. The highest BCUT2D eigenvalue weighted by atomic mass is 79.9. The van der Waals surface area contributed by atoms with Gasteiger partial charge in [-0.2, -0.15) is 5.26 Å². The van der Waals surface area contributed by atoms with Crippen LogP contribution in [-0.4, -0.2) is 87.9 Å². The fourth-order valence-corrected chi connectivity index (χ4v) is 6.83. The standard InChI is InChI=1S/C23H32BrFN7O9P/c1-12(2)39-15(33)5-6-28-20(35)17-21(3,4)10-38-42(36,41-17)37-8-13-16(34)23(24,25)22(9-26,40-13)14-7-29-19-18(27)30-11-31-32(14)19/h7,12-13,16-17,31,34H,5-6,8,10-11H2,1-4H3,(H2,27,30)(H,28,35)/t13-,16?,17+,22+,23-,42?/m1/s1. The molecule has 232 valence electrons. The van der Waals surface area contributed by atoms with Gasteiger partial charge >= 0.3 is 13.8 Å². The summed E-state index contributed by atoms with van der Waals surface area (Å²) in [6.45, 7) is 5.63. The van der Waals surface area contributed by atoms with Gasteiger partial charge in [-0.05, 0) is 29.8 Å². The van der Waals surface area contributed by atoms with E-state index in [-0.39, 0.29) is 49.7 Å². The normalized spacial score (nSPS) is 33.7. The Morgan fingerprint density at radius 1 is 1.48 bits per heavy atom. The van der Waals surface area contributed by atoms with Crippen LogP contribution < -0.4 is 16.5 Å². The van der Waals surface area contributed by atoms with Crippen molar-refractivity contribution in [2.75, 3.05) is 31.9 Å². The number of ether oxygens (including phenoxy) is 2. The Morgan fingerprint density at radius 3 is 2.86 bits per heavy atom. The minimum atomic E-state index is -4.46. The molecule has 1 aromatic rings. The third-order valence-corrected chi connectivity index (χ3v) is 9.09. The number of nitrogens with two attached hydrogens (primary N) is 1. The number of nitriles is 1. The Balaban J connectivity index is 1.45. The number of carbonyl (C=O) groups excluding carboxylic acids is 2. The van der Waals surface area contributed by atoms with Crippen molar-refractivity contribution in [3.63, 3.8) is 0 Å². The molecule has 5 N–H and O–H groups in total. The fraction of sp³-hybridized carbons (Fsp3) is 0.696. The zero-order valence-corrected chi connectivity index (χ0v) is 25.7. The number of amides is 1. The number of esters is 1. The van der Waals surface area contributed by atoms with Gasteiger partial charge in [0, 0.05) is 12.0 Å². The SMILES string of the molecule is CC(C)OC(=O)CCNC(=O)[C@@H]1OP(=O)(OC[C@H]2O[C@@](C#N)(c3cnc4n3NCN=C4N)[C@@](F)(Br)C2O)OCC1(C)C. The number of rotatable bonds is 9. The number of alkyl halides is 2. The Labute approximate surface area is 248 Å². The van der Waals surface area contributed by atoms with E-state index in [9.17, 15) is 24.5 Å². The van der Waals surface area contributed by atoms with Crippen molar-refractivity contribution >= 4 is 41.5 Å².